The first-order valence-corrected chi connectivity index (χ1v) is 10.2. The number of amides is 1. The molecule has 2 heterocycles. The molecule has 24 heavy (non-hydrogen) atoms. The van der Waals surface area contributed by atoms with Crippen LogP contribution in [0.1, 0.15) is 39.4 Å². The van der Waals surface area contributed by atoms with E-state index in [2.05, 4.69) is 15.2 Å². The number of hydrazine groups is 1. The fourth-order valence-electron chi connectivity index (χ4n) is 2.58. The van der Waals surface area contributed by atoms with Crippen molar-refractivity contribution in [2.45, 2.75) is 37.0 Å². The molecular weight excluding hydrogens is 370 g/mol. The van der Waals surface area contributed by atoms with Gasteiger partial charge in [-0.15, -0.1) is 16.2 Å². The van der Waals surface area contributed by atoms with Crippen LogP contribution in [-0.2, 0) is 22.9 Å². The number of aromatic nitrogens is 1. The highest BCUT2D eigenvalue weighted by atomic mass is 35.5. The maximum atomic E-state index is 12.2. The van der Waals surface area contributed by atoms with Gasteiger partial charge in [0.15, 0.2) is 0 Å². The van der Waals surface area contributed by atoms with E-state index in [1.807, 2.05) is 6.07 Å². The van der Waals surface area contributed by atoms with Crippen LogP contribution >= 0.6 is 22.9 Å². The van der Waals surface area contributed by atoms with Crippen molar-refractivity contribution in [3.05, 3.63) is 44.9 Å². The van der Waals surface area contributed by atoms with Crippen molar-refractivity contribution in [2.24, 2.45) is 0 Å². The van der Waals surface area contributed by atoms with E-state index >= 15 is 0 Å². The van der Waals surface area contributed by atoms with E-state index in [9.17, 15) is 13.2 Å². The molecule has 9 heteroatoms. The Labute approximate surface area is 149 Å². The summed E-state index contributed by atoms with van der Waals surface area (Å²) in [5, 5.41) is -0.151. The maximum Gasteiger partial charge on any atom is 0.276 e. The van der Waals surface area contributed by atoms with E-state index in [1.165, 1.54) is 46.5 Å². The SMILES string of the molecule is O=C(NNS(=O)(=O)c1cccnc1Cl)c1cc2c(s1)CCCCC2. The van der Waals surface area contributed by atoms with Crippen molar-refractivity contribution >= 4 is 38.9 Å². The van der Waals surface area contributed by atoms with Gasteiger partial charge in [0, 0.05) is 11.1 Å². The largest absolute Gasteiger partial charge is 0.276 e. The maximum absolute atomic E-state index is 12.2. The summed E-state index contributed by atoms with van der Waals surface area (Å²) in [6, 6.07) is 4.63. The lowest BCUT2D eigenvalue weighted by atomic mass is 10.1. The number of carbonyl (C=O) groups is 1. The first-order chi connectivity index (χ1) is 11.5. The molecule has 128 valence electrons. The third-order valence-corrected chi connectivity index (χ3v) is 6.71. The van der Waals surface area contributed by atoms with Crippen LogP contribution in [0.25, 0.3) is 0 Å². The van der Waals surface area contributed by atoms with Crippen LogP contribution in [0.3, 0.4) is 0 Å². The number of sulfonamides is 1. The zero-order chi connectivity index (χ0) is 17.2. The van der Waals surface area contributed by atoms with E-state index in [0.29, 0.717) is 4.88 Å². The number of halogens is 1. The Morgan fingerprint density at radius 1 is 1.25 bits per heavy atom. The van der Waals surface area contributed by atoms with Gasteiger partial charge in [-0.3, -0.25) is 10.2 Å². The number of fused-ring (bicyclic) bond motifs is 1. The van der Waals surface area contributed by atoms with Crippen LogP contribution in [0.4, 0.5) is 0 Å². The lowest BCUT2D eigenvalue weighted by Gasteiger charge is -2.08. The highest BCUT2D eigenvalue weighted by Gasteiger charge is 2.21. The van der Waals surface area contributed by atoms with Gasteiger partial charge in [-0.25, -0.2) is 13.4 Å². The molecule has 0 atom stereocenters. The molecule has 0 saturated heterocycles. The fraction of sp³-hybridized carbons (Fsp3) is 0.333. The van der Waals surface area contributed by atoms with Crippen molar-refractivity contribution in [1.82, 2.24) is 15.2 Å². The van der Waals surface area contributed by atoms with Crippen LogP contribution < -0.4 is 10.3 Å². The predicted molar refractivity (Wildman–Crippen MR) is 92.6 cm³/mol. The molecule has 2 N–H and O–H groups in total. The van der Waals surface area contributed by atoms with Crippen LogP contribution in [-0.4, -0.2) is 19.3 Å². The van der Waals surface area contributed by atoms with Crippen LogP contribution in [0, 0.1) is 0 Å². The normalized spacial score (nSPS) is 14.7. The van der Waals surface area contributed by atoms with Gasteiger partial charge < -0.3 is 0 Å². The van der Waals surface area contributed by atoms with E-state index in [4.69, 9.17) is 11.6 Å². The summed E-state index contributed by atoms with van der Waals surface area (Å²) in [5.41, 5.74) is 3.43. The number of thiophene rings is 1. The van der Waals surface area contributed by atoms with Crippen LogP contribution in [0.5, 0.6) is 0 Å². The van der Waals surface area contributed by atoms with Gasteiger partial charge in [-0.05, 0) is 49.4 Å². The van der Waals surface area contributed by atoms with E-state index in [0.717, 1.165) is 25.7 Å². The third-order valence-electron chi connectivity index (χ3n) is 3.78. The topological polar surface area (TPSA) is 88.2 Å². The zero-order valence-electron chi connectivity index (χ0n) is 12.7. The molecule has 3 rings (SSSR count). The lowest BCUT2D eigenvalue weighted by molar-refractivity contribution is 0.0949. The fourth-order valence-corrected chi connectivity index (χ4v) is 5.02. The summed E-state index contributed by atoms with van der Waals surface area (Å²) in [7, 11) is -3.97. The number of nitrogens with one attached hydrogen (secondary N) is 2. The minimum atomic E-state index is -3.97. The van der Waals surface area contributed by atoms with Gasteiger partial charge in [0.05, 0.1) is 4.88 Å². The molecule has 0 radical (unpaired) electrons. The average Bonchev–Trinajstić information content (AvgIpc) is 2.84. The molecule has 1 aliphatic carbocycles. The number of rotatable bonds is 4. The minimum absolute atomic E-state index is 0.151. The number of aryl methyl sites for hydroxylation is 2. The molecule has 0 unspecified atom stereocenters. The standard InChI is InChI=1S/C15H16ClN3O3S2/c16-14-13(7-4-8-17-14)24(21,22)19-18-15(20)12-9-10-5-2-1-3-6-11(10)23-12/h4,7-9,19H,1-3,5-6H2,(H,18,20). The van der Waals surface area contributed by atoms with E-state index in [-0.39, 0.29) is 10.0 Å². The molecule has 0 aliphatic heterocycles. The van der Waals surface area contributed by atoms with Crippen LogP contribution in [0.15, 0.2) is 29.3 Å². The highest BCUT2D eigenvalue weighted by Crippen LogP contribution is 2.28. The number of pyridine rings is 1. The Kier molecular flexibility index (Phi) is 5.19. The van der Waals surface area contributed by atoms with Gasteiger partial charge in [0.25, 0.3) is 15.9 Å². The van der Waals surface area contributed by atoms with Crippen molar-refractivity contribution in [2.75, 3.05) is 0 Å². The summed E-state index contributed by atoms with van der Waals surface area (Å²) in [6.07, 6.45) is 6.78. The predicted octanol–water partition coefficient (Wildman–Crippen LogP) is 2.69. The van der Waals surface area contributed by atoms with Gasteiger partial charge in [-0.1, -0.05) is 18.0 Å². The quantitative estimate of drug-likeness (QED) is 0.481. The Bertz CT molecular complexity index is 841. The van der Waals surface area contributed by atoms with E-state index in [1.54, 1.807) is 0 Å². The van der Waals surface area contributed by atoms with Crippen molar-refractivity contribution < 1.29 is 13.2 Å². The Balaban J connectivity index is 1.71. The number of nitrogens with zero attached hydrogens (tertiary/aromatic N) is 1. The van der Waals surface area contributed by atoms with Crippen molar-refractivity contribution in [1.29, 1.82) is 0 Å². The highest BCUT2D eigenvalue weighted by molar-refractivity contribution is 7.89. The van der Waals surface area contributed by atoms with E-state index < -0.39 is 15.9 Å². The monoisotopic (exact) mass is 385 g/mol. The van der Waals surface area contributed by atoms with Crippen LogP contribution in [0.2, 0.25) is 5.15 Å². The molecule has 0 bridgehead atoms. The van der Waals surface area contributed by atoms with Gasteiger partial charge in [0.2, 0.25) is 0 Å². The van der Waals surface area contributed by atoms with Gasteiger partial charge in [0.1, 0.15) is 10.0 Å². The molecule has 0 spiro atoms. The number of hydrogen-bond donors (Lipinski definition) is 2. The van der Waals surface area contributed by atoms with Gasteiger partial charge in [-0.2, -0.15) is 0 Å². The summed E-state index contributed by atoms with van der Waals surface area (Å²) in [6.45, 7) is 0. The Morgan fingerprint density at radius 2 is 2.04 bits per heavy atom. The van der Waals surface area contributed by atoms with Crippen molar-refractivity contribution in [3.63, 3.8) is 0 Å². The summed E-state index contributed by atoms with van der Waals surface area (Å²) in [4.78, 5) is 19.6. The second-order valence-corrected chi connectivity index (χ2v) is 8.62. The molecule has 6 nitrogen and oxygen atoms in total. The Morgan fingerprint density at radius 3 is 2.83 bits per heavy atom. The summed E-state index contributed by atoms with van der Waals surface area (Å²) in [5.74, 6) is -0.475. The smallest absolute Gasteiger partial charge is 0.273 e. The molecule has 2 aromatic heterocycles. The second kappa shape index (κ2) is 7.18. The molecule has 1 amide bonds. The van der Waals surface area contributed by atoms with Gasteiger partial charge >= 0.3 is 0 Å². The number of hydrogen-bond acceptors (Lipinski definition) is 5. The molecule has 0 saturated carbocycles. The first kappa shape index (κ1) is 17.3. The van der Waals surface area contributed by atoms with Crippen molar-refractivity contribution in [3.8, 4) is 0 Å². The minimum Gasteiger partial charge on any atom is -0.273 e. The lowest BCUT2D eigenvalue weighted by Crippen LogP contribution is -2.41. The number of carbonyl (C=O) groups excluding carboxylic acids is 1. The first-order valence-electron chi connectivity index (χ1n) is 7.51. The molecule has 1 aliphatic rings. The summed E-state index contributed by atoms with van der Waals surface area (Å²) < 4.78 is 24.4. The average molecular weight is 386 g/mol. The molecular formula is C15H16ClN3O3S2. The second-order valence-electron chi connectivity index (χ2n) is 5.47. The summed E-state index contributed by atoms with van der Waals surface area (Å²) >= 11 is 7.21. The molecule has 0 aromatic carbocycles. The third kappa shape index (κ3) is 3.77. The molecule has 2 aromatic rings. The molecule has 0 fully saturated rings. The zero-order valence-corrected chi connectivity index (χ0v) is 15.1. The Hall–Kier alpha value is -1.48.